The summed E-state index contributed by atoms with van der Waals surface area (Å²) >= 11 is 5.87. The van der Waals surface area contributed by atoms with Crippen LogP contribution < -0.4 is 17.1 Å². The van der Waals surface area contributed by atoms with Crippen LogP contribution in [0.1, 0.15) is 59.3 Å². The van der Waals surface area contributed by atoms with Crippen molar-refractivity contribution >= 4 is 24.4 Å². The van der Waals surface area contributed by atoms with Crippen molar-refractivity contribution in [3.63, 3.8) is 0 Å². The van der Waals surface area contributed by atoms with Crippen LogP contribution in [0.5, 0.6) is 0 Å². The lowest BCUT2D eigenvalue weighted by Crippen LogP contribution is -2.55. The van der Waals surface area contributed by atoms with Crippen LogP contribution >= 0.6 is 24.4 Å². The first-order valence-corrected chi connectivity index (χ1v) is 15.4. The molecule has 1 saturated carbocycles. The molecule has 1 heterocycles. The van der Waals surface area contributed by atoms with Crippen LogP contribution in [0.4, 0.5) is 0 Å². The van der Waals surface area contributed by atoms with E-state index in [1.54, 1.807) is 11.8 Å². The molecular weight excluding hydrogens is 514 g/mol. The van der Waals surface area contributed by atoms with Crippen LogP contribution in [0.3, 0.4) is 0 Å². The van der Waals surface area contributed by atoms with Gasteiger partial charge < -0.3 is 14.6 Å². The van der Waals surface area contributed by atoms with Gasteiger partial charge in [-0.1, -0.05) is 20.8 Å². The quantitative estimate of drug-likeness (QED) is 0.222. The van der Waals surface area contributed by atoms with Gasteiger partial charge >= 0.3 is 17.1 Å². The van der Waals surface area contributed by atoms with Gasteiger partial charge in [-0.15, -0.1) is 0 Å². The van der Waals surface area contributed by atoms with Crippen LogP contribution in [-0.2, 0) is 29.1 Å². The van der Waals surface area contributed by atoms with Gasteiger partial charge in [-0.2, -0.15) is 24.4 Å². The standard InChI is InChI=1S/C26H47N3O6S2/c1-26(2,3)20-35-19-22-8-6-21(7-9-22)18-34-14-17-37-16-5-11-28-23(31)27(10-4-15-36)24(32)29(12-13-30)25(28)33/h21-22,30,36H,4-20H2,1-3H3. The number of aliphatic hydroxyl groups is 1. The molecule has 0 aromatic carbocycles. The van der Waals surface area contributed by atoms with Gasteiger partial charge in [-0.3, -0.25) is 0 Å². The molecule has 0 unspecified atom stereocenters. The molecule has 0 saturated heterocycles. The second-order valence-corrected chi connectivity index (χ2v) is 12.8. The number of ether oxygens (including phenoxy) is 2. The summed E-state index contributed by atoms with van der Waals surface area (Å²) in [5.41, 5.74) is -1.69. The summed E-state index contributed by atoms with van der Waals surface area (Å²) in [4.78, 5) is 37.9. The Morgan fingerprint density at radius 2 is 1.35 bits per heavy atom. The van der Waals surface area contributed by atoms with E-state index in [0.29, 0.717) is 37.0 Å². The summed E-state index contributed by atoms with van der Waals surface area (Å²) < 4.78 is 14.9. The van der Waals surface area contributed by atoms with Crippen molar-refractivity contribution in [2.75, 3.05) is 50.3 Å². The Morgan fingerprint density at radius 1 is 0.838 bits per heavy atom. The number of hydrogen-bond acceptors (Lipinski definition) is 8. The number of thiol groups is 1. The average Bonchev–Trinajstić information content (AvgIpc) is 2.85. The van der Waals surface area contributed by atoms with E-state index in [4.69, 9.17) is 9.47 Å². The van der Waals surface area contributed by atoms with Crippen molar-refractivity contribution in [2.45, 2.75) is 78.9 Å². The zero-order valence-corrected chi connectivity index (χ0v) is 24.6. The van der Waals surface area contributed by atoms with E-state index < -0.39 is 17.1 Å². The first-order chi connectivity index (χ1) is 17.7. The molecule has 1 aromatic rings. The zero-order valence-electron chi connectivity index (χ0n) is 22.9. The molecule has 214 valence electrons. The van der Waals surface area contributed by atoms with Crippen molar-refractivity contribution in [3.8, 4) is 0 Å². The fourth-order valence-electron chi connectivity index (χ4n) is 4.48. The van der Waals surface area contributed by atoms with Crippen LogP contribution in [0.25, 0.3) is 0 Å². The Kier molecular flexibility index (Phi) is 14.7. The second-order valence-electron chi connectivity index (χ2n) is 11.1. The minimum Gasteiger partial charge on any atom is -0.395 e. The minimum atomic E-state index is -0.670. The second kappa shape index (κ2) is 16.8. The van der Waals surface area contributed by atoms with Gasteiger partial charge in [0.05, 0.1) is 26.4 Å². The number of aliphatic hydroxyl groups excluding tert-OH is 1. The summed E-state index contributed by atoms with van der Waals surface area (Å²) in [7, 11) is 0. The lowest BCUT2D eigenvalue weighted by molar-refractivity contribution is 0.0259. The Labute approximate surface area is 230 Å². The van der Waals surface area contributed by atoms with Crippen molar-refractivity contribution < 1.29 is 14.6 Å². The van der Waals surface area contributed by atoms with E-state index >= 15 is 0 Å². The van der Waals surface area contributed by atoms with E-state index in [-0.39, 0.29) is 31.7 Å². The molecule has 37 heavy (non-hydrogen) atoms. The normalized spacial score (nSPS) is 18.4. The molecule has 1 aliphatic rings. The summed E-state index contributed by atoms with van der Waals surface area (Å²) in [6, 6.07) is 0. The third-order valence-electron chi connectivity index (χ3n) is 6.50. The van der Waals surface area contributed by atoms with E-state index in [1.807, 2.05) is 0 Å². The molecule has 1 aliphatic carbocycles. The molecule has 0 aliphatic heterocycles. The maximum Gasteiger partial charge on any atom is 0.336 e. The highest BCUT2D eigenvalue weighted by Crippen LogP contribution is 2.29. The van der Waals surface area contributed by atoms with Crippen LogP contribution in [0, 0.1) is 17.3 Å². The predicted octanol–water partition coefficient (Wildman–Crippen LogP) is 2.49. The molecule has 9 nitrogen and oxygen atoms in total. The summed E-state index contributed by atoms with van der Waals surface area (Å²) in [5.74, 6) is 3.48. The lowest BCUT2D eigenvalue weighted by atomic mass is 9.83. The minimum absolute atomic E-state index is 0.127. The van der Waals surface area contributed by atoms with Crippen LogP contribution in [0.15, 0.2) is 14.4 Å². The molecule has 0 spiro atoms. The molecule has 0 atom stereocenters. The van der Waals surface area contributed by atoms with Gasteiger partial charge in [-0.05, 0) is 67.3 Å². The van der Waals surface area contributed by atoms with E-state index in [1.165, 1.54) is 25.7 Å². The molecule has 2 rings (SSSR count). The van der Waals surface area contributed by atoms with Gasteiger partial charge in [-0.25, -0.2) is 28.1 Å². The number of aromatic nitrogens is 3. The molecular formula is C26H47N3O6S2. The SMILES string of the molecule is CC(C)(C)COCC1CCC(COCCSCCCn2c(=O)n(CCO)c(=O)n(CCCS)c2=O)CC1. The Morgan fingerprint density at radius 3 is 1.86 bits per heavy atom. The van der Waals surface area contributed by atoms with Gasteiger partial charge in [0.2, 0.25) is 0 Å². The largest absolute Gasteiger partial charge is 0.395 e. The van der Waals surface area contributed by atoms with Crippen molar-refractivity contribution in [1.82, 2.24) is 13.7 Å². The smallest absolute Gasteiger partial charge is 0.336 e. The van der Waals surface area contributed by atoms with Gasteiger partial charge in [0.1, 0.15) is 0 Å². The summed E-state index contributed by atoms with van der Waals surface area (Å²) in [5, 5.41) is 9.24. The molecule has 0 radical (unpaired) electrons. The van der Waals surface area contributed by atoms with Gasteiger partial charge in [0, 0.05) is 32.1 Å². The highest BCUT2D eigenvalue weighted by atomic mass is 32.2. The first-order valence-electron chi connectivity index (χ1n) is 13.6. The van der Waals surface area contributed by atoms with Crippen LogP contribution in [-0.4, -0.2) is 69.1 Å². The monoisotopic (exact) mass is 561 g/mol. The first kappa shape index (κ1) is 32.2. The third kappa shape index (κ3) is 11.3. The molecule has 1 fully saturated rings. The number of nitrogens with zero attached hydrogens (tertiary/aromatic N) is 3. The van der Waals surface area contributed by atoms with E-state index in [2.05, 4.69) is 33.4 Å². The number of thioether (sulfide) groups is 1. The predicted molar refractivity (Wildman–Crippen MR) is 153 cm³/mol. The highest BCUT2D eigenvalue weighted by molar-refractivity contribution is 7.99. The number of rotatable bonds is 17. The maximum absolute atomic E-state index is 12.7. The third-order valence-corrected chi connectivity index (χ3v) is 7.85. The molecule has 1 aromatic heterocycles. The van der Waals surface area contributed by atoms with E-state index in [0.717, 1.165) is 45.0 Å². The Balaban J connectivity index is 1.65. The van der Waals surface area contributed by atoms with Crippen molar-refractivity contribution in [2.24, 2.45) is 17.3 Å². The summed E-state index contributed by atoms with van der Waals surface area (Å²) in [6.07, 6.45) is 6.01. The van der Waals surface area contributed by atoms with E-state index in [9.17, 15) is 19.5 Å². The molecule has 0 bridgehead atoms. The Hall–Kier alpha value is -1.01. The van der Waals surface area contributed by atoms with Gasteiger partial charge in [0.15, 0.2) is 0 Å². The fourth-order valence-corrected chi connectivity index (χ4v) is 5.39. The topological polar surface area (TPSA) is 105 Å². The van der Waals surface area contributed by atoms with Crippen molar-refractivity contribution in [3.05, 3.63) is 31.5 Å². The maximum atomic E-state index is 12.7. The zero-order chi connectivity index (χ0) is 27.3. The average molecular weight is 562 g/mol. The molecule has 11 heteroatoms. The fraction of sp³-hybridized carbons (Fsp3) is 0.885. The lowest BCUT2D eigenvalue weighted by Gasteiger charge is -2.29. The molecule has 1 N–H and O–H groups in total. The van der Waals surface area contributed by atoms with Gasteiger partial charge in [0.25, 0.3) is 0 Å². The van der Waals surface area contributed by atoms with Crippen molar-refractivity contribution in [1.29, 1.82) is 0 Å². The summed E-state index contributed by atoms with van der Waals surface area (Å²) in [6.45, 7) is 9.76. The van der Waals surface area contributed by atoms with Crippen LogP contribution in [0.2, 0.25) is 0 Å². The highest BCUT2D eigenvalue weighted by Gasteiger charge is 2.22. The number of hydrogen-bond donors (Lipinski definition) is 2. The molecule has 0 amide bonds. The Bertz CT molecular complexity index is 961.